The fourth-order valence-electron chi connectivity index (χ4n) is 1.51. The predicted molar refractivity (Wildman–Crippen MR) is 75.3 cm³/mol. The standard InChI is InChI=1S/C12H15N3O2S2/c1-13-9-11-5-6-12(18-11)19(16,17)15-8-10-4-2-3-7-14-10/h2-7,13,15H,8-9H2,1H3. The van der Waals surface area contributed by atoms with E-state index in [4.69, 9.17) is 0 Å². The van der Waals surface area contributed by atoms with Crippen molar-refractivity contribution < 1.29 is 8.42 Å². The largest absolute Gasteiger partial charge is 0.315 e. The molecule has 102 valence electrons. The second kappa shape index (κ2) is 6.25. The van der Waals surface area contributed by atoms with Crippen LogP contribution < -0.4 is 10.0 Å². The average Bonchev–Trinajstić information content (AvgIpc) is 2.88. The molecule has 0 aromatic carbocycles. The molecule has 7 heteroatoms. The number of hydrogen-bond acceptors (Lipinski definition) is 5. The smallest absolute Gasteiger partial charge is 0.250 e. The minimum Gasteiger partial charge on any atom is -0.315 e. The molecule has 0 aliphatic carbocycles. The van der Waals surface area contributed by atoms with Gasteiger partial charge in [-0.05, 0) is 31.3 Å². The van der Waals surface area contributed by atoms with Gasteiger partial charge in [0.1, 0.15) is 4.21 Å². The first-order chi connectivity index (χ1) is 9.12. The van der Waals surface area contributed by atoms with E-state index in [1.54, 1.807) is 24.4 Å². The Bertz CT molecular complexity index is 623. The van der Waals surface area contributed by atoms with Crippen LogP contribution in [-0.4, -0.2) is 20.4 Å². The molecule has 2 aromatic rings. The lowest BCUT2D eigenvalue weighted by molar-refractivity contribution is 0.582. The second-order valence-electron chi connectivity index (χ2n) is 3.90. The Balaban J connectivity index is 2.05. The Kier molecular flexibility index (Phi) is 4.65. The zero-order valence-corrected chi connectivity index (χ0v) is 12.1. The SMILES string of the molecule is CNCc1ccc(S(=O)(=O)NCc2ccccn2)s1. The monoisotopic (exact) mass is 297 g/mol. The summed E-state index contributed by atoms with van der Waals surface area (Å²) in [5, 5.41) is 2.99. The summed E-state index contributed by atoms with van der Waals surface area (Å²) in [6.45, 7) is 0.864. The molecule has 0 aliphatic rings. The molecular weight excluding hydrogens is 282 g/mol. The molecule has 0 spiro atoms. The van der Waals surface area contributed by atoms with E-state index >= 15 is 0 Å². The van der Waals surface area contributed by atoms with Gasteiger partial charge in [-0.1, -0.05) is 6.07 Å². The quantitative estimate of drug-likeness (QED) is 0.844. The molecule has 2 aromatic heterocycles. The maximum Gasteiger partial charge on any atom is 0.250 e. The van der Waals surface area contributed by atoms with Crippen molar-refractivity contribution in [3.8, 4) is 0 Å². The molecule has 0 amide bonds. The average molecular weight is 297 g/mol. The van der Waals surface area contributed by atoms with E-state index in [-0.39, 0.29) is 6.54 Å². The number of rotatable bonds is 6. The highest BCUT2D eigenvalue weighted by Crippen LogP contribution is 2.21. The van der Waals surface area contributed by atoms with Gasteiger partial charge < -0.3 is 5.32 Å². The van der Waals surface area contributed by atoms with Gasteiger partial charge >= 0.3 is 0 Å². The number of sulfonamides is 1. The summed E-state index contributed by atoms with van der Waals surface area (Å²) in [5.74, 6) is 0. The number of nitrogens with zero attached hydrogens (tertiary/aromatic N) is 1. The third-order valence-electron chi connectivity index (χ3n) is 2.42. The number of thiophene rings is 1. The highest BCUT2D eigenvalue weighted by Gasteiger charge is 2.16. The van der Waals surface area contributed by atoms with E-state index in [1.165, 1.54) is 11.3 Å². The summed E-state index contributed by atoms with van der Waals surface area (Å²) >= 11 is 1.27. The van der Waals surface area contributed by atoms with Crippen LogP contribution in [0.25, 0.3) is 0 Å². The van der Waals surface area contributed by atoms with E-state index in [1.807, 2.05) is 19.2 Å². The lowest BCUT2D eigenvalue weighted by Gasteiger charge is -2.03. The van der Waals surface area contributed by atoms with E-state index in [0.29, 0.717) is 16.4 Å². The van der Waals surface area contributed by atoms with Gasteiger partial charge in [0.15, 0.2) is 0 Å². The molecule has 0 bridgehead atoms. The van der Waals surface area contributed by atoms with Crippen LogP contribution in [0.5, 0.6) is 0 Å². The van der Waals surface area contributed by atoms with Crippen molar-refractivity contribution in [2.24, 2.45) is 0 Å². The van der Waals surface area contributed by atoms with Crippen molar-refractivity contribution in [3.05, 3.63) is 47.1 Å². The third-order valence-corrected chi connectivity index (χ3v) is 5.40. The number of pyridine rings is 1. The van der Waals surface area contributed by atoms with E-state index in [2.05, 4.69) is 15.0 Å². The predicted octanol–water partition coefficient (Wildman–Crippen LogP) is 1.34. The number of hydrogen-bond donors (Lipinski definition) is 2. The summed E-state index contributed by atoms with van der Waals surface area (Å²) in [5.41, 5.74) is 0.693. The van der Waals surface area contributed by atoms with Gasteiger partial charge in [-0.2, -0.15) is 0 Å². The summed E-state index contributed by atoms with van der Waals surface area (Å²) in [6.07, 6.45) is 1.64. The maximum atomic E-state index is 12.1. The van der Waals surface area contributed by atoms with E-state index in [9.17, 15) is 8.42 Å². The molecule has 0 aliphatic heterocycles. The van der Waals surface area contributed by atoms with Crippen molar-refractivity contribution in [3.63, 3.8) is 0 Å². The Morgan fingerprint density at radius 3 is 2.74 bits per heavy atom. The van der Waals surface area contributed by atoms with E-state index in [0.717, 1.165) is 4.88 Å². The fourth-order valence-corrected chi connectivity index (χ4v) is 3.93. The van der Waals surface area contributed by atoms with Crippen LogP contribution in [0.3, 0.4) is 0 Å². The number of nitrogens with one attached hydrogen (secondary N) is 2. The normalized spacial score (nSPS) is 11.6. The number of aromatic nitrogens is 1. The first kappa shape index (κ1) is 14.1. The van der Waals surface area contributed by atoms with Gasteiger partial charge in [0.05, 0.1) is 12.2 Å². The summed E-state index contributed by atoms with van der Waals surface area (Å²) in [7, 11) is -1.63. The Hall–Kier alpha value is -1.28. The lowest BCUT2D eigenvalue weighted by Crippen LogP contribution is -2.22. The van der Waals surface area contributed by atoms with Crippen LogP contribution in [0.4, 0.5) is 0 Å². The molecule has 2 N–H and O–H groups in total. The zero-order valence-electron chi connectivity index (χ0n) is 10.5. The van der Waals surface area contributed by atoms with Crippen molar-refractivity contribution in [1.29, 1.82) is 0 Å². The Morgan fingerprint density at radius 2 is 2.05 bits per heavy atom. The van der Waals surface area contributed by atoms with Crippen LogP contribution in [0.2, 0.25) is 0 Å². The molecule has 19 heavy (non-hydrogen) atoms. The Labute approximate surface area is 116 Å². The van der Waals surface area contributed by atoms with Gasteiger partial charge in [-0.25, -0.2) is 13.1 Å². The molecule has 0 fully saturated rings. The van der Waals surface area contributed by atoms with Gasteiger partial charge in [0, 0.05) is 17.6 Å². The molecule has 0 saturated carbocycles. The summed E-state index contributed by atoms with van der Waals surface area (Å²) in [4.78, 5) is 5.06. The molecule has 5 nitrogen and oxygen atoms in total. The summed E-state index contributed by atoms with van der Waals surface area (Å²) in [6, 6.07) is 8.84. The topological polar surface area (TPSA) is 71.1 Å². The first-order valence-corrected chi connectivity index (χ1v) is 8.04. The van der Waals surface area contributed by atoms with Crippen LogP contribution >= 0.6 is 11.3 Å². The van der Waals surface area contributed by atoms with Crippen LogP contribution in [-0.2, 0) is 23.1 Å². The molecule has 0 atom stereocenters. The Morgan fingerprint density at radius 1 is 1.21 bits per heavy atom. The molecule has 2 heterocycles. The molecule has 0 saturated heterocycles. The molecular formula is C12H15N3O2S2. The fraction of sp³-hybridized carbons (Fsp3) is 0.250. The van der Waals surface area contributed by atoms with Crippen molar-refractivity contribution in [1.82, 2.24) is 15.0 Å². The zero-order chi connectivity index (χ0) is 13.7. The van der Waals surface area contributed by atoms with Gasteiger partial charge in [0.25, 0.3) is 0 Å². The van der Waals surface area contributed by atoms with Crippen molar-refractivity contribution in [2.75, 3.05) is 7.05 Å². The van der Waals surface area contributed by atoms with Crippen LogP contribution in [0.1, 0.15) is 10.6 Å². The lowest BCUT2D eigenvalue weighted by atomic mass is 10.4. The minimum absolute atomic E-state index is 0.197. The second-order valence-corrected chi connectivity index (χ2v) is 7.06. The molecule has 0 radical (unpaired) electrons. The van der Waals surface area contributed by atoms with Gasteiger partial charge in [0.2, 0.25) is 10.0 Å². The van der Waals surface area contributed by atoms with Crippen LogP contribution in [0, 0.1) is 0 Å². The van der Waals surface area contributed by atoms with Gasteiger partial charge in [-0.3, -0.25) is 4.98 Å². The maximum absolute atomic E-state index is 12.1. The third kappa shape index (κ3) is 3.84. The highest BCUT2D eigenvalue weighted by molar-refractivity contribution is 7.91. The minimum atomic E-state index is -3.46. The molecule has 2 rings (SSSR count). The van der Waals surface area contributed by atoms with Gasteiger partial charge in [-0.15, -0.1) is 11.3 Å². The highest BCUT2D eigenvalue weighted by atomic mass is 32.2. The summed E-state index contributed by atoms with van der Waals surface area (Å²) < 4.78 is 27.0. The first-order valence-electron chi connectivity index (χ1n) is 5.75. The van der Waals surface area contributed by atoms with E-state index < -0.39 is 10.0 Å². The van der Waals surface area contributed by atoms with Crippen LogP contribution in [0.15, 0.2) is 40.7 Å². The molecule has 0 unspecified atom stereocenters. The van der Waals surface area contributed by atoms with Crippen molar-refractivity contribution >= 4 is 21.4 Å². The van der Waals surface area contributed by atoms with Crippen molar-refractivity contribution in [2.45, 2.75) is 17.3 Å².